The fraction of sp³-hybridized carbons (Fsp3) is 0.692. The Kier molecular flexibility index (Phi) is 5.71. The molecule has 0 bridgehead atoms. The summed E-state index contributed by atoms with van der Waals surface area (Å²) in [4.78, 5) is 20.6. The molecule has 2 rings (SSSR count). The summed E-state index contributed by atoms with van der Waals surface area (Å²) < 4.78 is 0.732. The topological polar surface area (TPSA) is 59.6 Å². The van der Waals surface area contributed by atoms with Crippen molar-refractivity contribution in [2.24, 2.45) is 0 Å². The minimum Gasteiger partial charge on any atom is -0.395 e. The number of aromatic nitrogens is 1. The molecule has 0 unspecified atom stereocenters. The summed E-state index contributed by atoms with van der Waals surface area (Å²) in [5, 5.41) is 8.98. The minimum absolute atomic E-state index is 0.171. The third kappa shape index (κ3) is 4.12. The Hall–Kier alpha value is -0.760. The monoisotopic (exact) mass is 315 g/mol. The van der Waals surface area contributed by atoms with E-state index in [1.54, 1.807) is 0 Å². The molecule has 0 spiro atoms. The van der Waals surface area contributed by atoms with Gasteiger partial charge in [-0.1, -0.05) is 0 Å². The summed E-state index contributed by atoms with van der Waals surface area (Å²) in [6.45, 7) is 6.17. The van der Waals surface area contributed by atoms with Crippen LogP contribution in [0.25, 0.3) is 0 Å². The van der Waals surface area contributed by atoms with E-state index in [0.29, 0.717) is 13.0 Å². The lowest BCUT2D eigenvalue weighted by molar-refractivity contribution is -0.130. The maximum absolute atomic E-state index is 12.4. The fourth-order valence-electron chi connectivity index (χ4n) is 2.44. The number of rotatable bonds is 4. The number of aliphatic hydroxyl groups is 1. The second kappa shape index (κ2) is 7.31. The second-order valence-electron chi connectivity index (χ2n) is 5.04. The van der Waals surface area contributed by atoms with Gasteiger partial charge < -0.3 is 15.0 Å². The van der Waals surface area contributed by atoms with Crippen molar-refractivity contribution in [3.8, 4) is 0 Å². The molecule has 1 aliphatic heterocycles. The van der Waals surface area contributed by atoms with E-state index < -0.39 is 0 Å². The Morgan fingerprint density at radius 1 is 1.40 bits per heavy atom. The van der Waals surface area contributed by atoms with Crippen molar-refractivity contribution >= 4 is 29.5 Å². The zero-order valence-electron chi connectivity index (χ0n) is 11.7. The van der Waals surface area contributed by atoms with Crippen molar-refractivity contribution in [1.29, 1.82) is 0 Å². The quantitative estimate of drug-likeness (QED) is 0.819. The summed E-state index contributed by atoms with van der Waals surface area (Å²) in [5.74, 6) is 0.171. The Bertz CT molecular complexity index is 512. The number of hydrogen-bond donors (Lipinski definition) is 2. The summed E-state index contributed by atoms with van der Waals surface area (Å²) >= 11 is 6.59. The third-order valence-corrected chi connectivity index (χ3v) is 4.93. The van der Waals surface area contributed by atoms with Crippen molar-refractivity contribution in [2.45, 2.75) is 19.8 Å². The van der Waals surface area contributed by atoms with Crippen LogP contribution in [0.15, 0.2) is 0 Å². The Balaban J connectivity index is 1.92. The van der Waals surface area contributed by atoms with Crippen LogP contribution in [0.2, 0.25) is 0 Å². The third-order valence-electron chi connectivity index (χ3n) is 3.59. The first kappa shape index (κ1) is 15.6. The molecule has 5 nitrogen and oxygen atoms in total. The van der Waals surface area contributed by atoms with E-state index in [-0.39, 0.29) is 12.5 Å². The van der Waals surface area contributed by atoms with Gasteiger partial charge in [0.05, 0.1) is 13.0 Å². The number of β-amino-alcohol motifs (C(OH)–C–C–N with tert-alkyl or cyclic N) is 1. The van der Waals surface area contributed by atoms with Gasteiger partial charge in [-0.15, -0.1) is 11.3 Å². The average Bonchev–Trinajstić information content (AvgIpc) is 2.62. The molecule has 1 aliphatic rings. The maximum atomic E-state index is 12.4. The summed E-state index contributed by atoms with van der Waals surface area (Å²) in [7, 11) is 0. The van der Waals surface area contributed by atoms with Gasteiger partial charge in [-0.25, -0.2) is 0 Å². The fourth-order valence-corrected chi connectivity index (χ4v) is 3.72. The molecule has 0 aromatic carbocycles. The van der Waals surface area contributed by atoms with Crippen molar-refractivity contribution in [3.63, 3.8) is 0 Å². The van der Waals surface area contributed by atoms with Crippen LogP contribution in [-0.4, -0.2) is 65.1 Å². The van der Waals surface area contributed by atoms with Crippen LogP contribution < -0.4 is 0 Å². The number of aryl methyl sites for hydroxylation is 1. The van der Waals surface area contributed by atoms with Crippen LogP contribution in [0.1, 0.15) is 17.0 Å². The first-order chi connectivity index (χ1) is 9.60. The van der Waals surface area contributed by atoms with Gasteiger partial charge >= 0.3 is 0 Å². The predicted molar refractivity (Wildman–Crippen MR) is 82.7 cm³/mol. The molecule has 1 aromatic rings. The Morgan fingerprint density at radius 3 is 2.85 bits per heavy atom. The van der Waals surface area contributed by atoms with Gasteiger partial charge in [0.15, 0.2) is 3.95 Å². The molecule has 2 N–H and O–H groups in total. The largest absolute Gasteiger partial charge is 0.395 e. The zero-order valence-corrected chi connectivity index (χ0v) is 13.4. The molecule has 0 atom stereocenters. The van der Waals surface area contributed by atoms with E-state index in [1.165, 1.54) is 11.3 Å². The molecule has 2 heterocycles. The highest BCUT2D eigenvalue weighted by molar-refractivity contribution is 7.73. The van der Waals surface area contributed by atoms with Gasteiger partial charge in [-0.2, -0.15) is 0 Å². The molecule has 7 heteroatoms. The molecule has 1 amide bonds. The summed E-state index contributed by atoms with van der Waals surface area (Å²) in [5.41, 5.74) is 1.00. The maximum Gasteiger partial charge on any atom is 0.227 e. The van der Waals surface area contributed by atoms with E-state index >= 15 is 0 Å². The highest BCUT2D eigenvalue weighted by Crippen LogP contribution is 2.16. The molecule has 112 valence electrons. The predicted octanol–water partition coefficient (Wildman–Crippen LogP) is 1.18. The van der Waals surface area contributed by atoms with Gasteiger partial charge in [0.1, 0.15) is 0 Å². The van der Waals surface area contributed by atoms with Gasteiger partial charge in [0.25, 0.3) is 0 Å². The van der Waals surface area contributed by atoms with Gasteiger partial charge in [0, 0.05) is 36.8 Å². The van der Waals surface area contributed by atoms with E-state index in [2.05, 4.69) is 9.88 Å². The normalized spacial score (nSPS) is 17.2. The number of carbonyl (C=O) groups excluding carboxylic acids is 1. The molecular formula is C13H21N3O2S2. The highest BCUT2D eigenvalue weighted by Gasteiger charge is 2.20. The van der Waals surface area contributed by atoms with E-state index in [0.717, 1.165) is 47.1 Å². The van der Waals surface area contributed by atoms with Crippen LogP contribution in [0.5, 0.6) is 0 Å². The number of hydrogen-bond acceptors (Lipinski definition) is 5. The van der Waals surface area contributed by atoms with Gasteiger partial charge in [-0.3, -0.25) is 9.69 Å². The molecule has 0 aliphatic carbocycles. The molecular weight excluding hydrogens is 294 g/mol. The first-order valence-corrected chi connectivity index (χ1v) is 8.12. The van der Waals surface area contributed by atoms with Crippen LogP contribution in [0, 0.1) is 10.9 Å². The van der Waals surface area contributed by atoms with Crippen molar-refractivity contribution < 1.29 is 9.90 Å². The number of thiazole rings is 1. The molecule has 1 fully saturated rings. The Morgan fingerprint density at radius 2 is 2.20 bits per heavy atom. The lowest BCUT2D eigenvalue weighted by Gasteiger charge is -2.21. The van der Waals surface area contributed by atoms with Crippen LogP contribution in [0.3, 0.4) is 0 Å². The number of nitrogens with zero attached hydrogens (tertiary/aromatic N) is 2. The lowest BCUT2D eigenvalue weighted by atomic mass is 10.2. The number of amides is 1. The molecule has 20 heavy (non-hydrogen) atoms. The Labute approximate surface area is 128 Å². The van der Waals surface area contributed by atoms with Crippen LogP contribution in [0.4, 0.5) is 0 Å². The molecule has 1 saturated heterocycles. The molecule has 0 radical (unpaired) electrons. The molecule has 1 aromatic heterocycles. The standard InChI is InChI=1S/C13H21N3O2S2/c1-10-11(20-13(19)14-10)9-12(18)16-4-2-3-15(5-6-16)7-8-17/h17H,2-9H2,1H3,(H,14,19). The van der Waals surface area contributed by atoms with E-state index in [1.807, 2.05) is 11.8 Å². The summed E-state index contributed by atoms with van der Waals surface area (Å²) in [6, 6.07) is 0. The van der Waals surface area contributed by atoms with E-state index in [4.69, 9.17) is 17.3 Å². The number of aromatic amines is 1. The average molecular weight is 315 g/mol. The second-order valence-corrected chi connectivity index (χ2v) is 6.81. The zero-order chi connectivity index (χ0) is 14.5. The number of H-pyrrole nitrogens is 1. The van der Waals surface area contributed by atoms with Gasteiger partial charge in [-0.05, 0) is 32.1 Å². The minimum atomic E-state index is 0.171. The first-order valence-electron chi connectivity index (χ1n) is 6.89. The van der Waals surface area contributed by atoms with E-state index in [9.17, 15) is 4.79 Å². The molecule has 0 saturated carbocycles. The van der Waals surface area contributed by atoms with Crippen LogP contribution >= 0.6 is 23.6 Å². The van der Waals surface area contributed by atoms with Gasteiger partial charge in [0.2, 0.25) is 5.91 Å². The number of carbonyl (C=O) groups is 1. The summed E-state index contributed by atoms with van der Waals surface area (Å²) in [6.07, 6.45) is 1.40. The lowest BCUT2D eigenvalue weighted by Crippen LogP contribution is -2.36. The SMILES string of the molecule is Cc1[nH]c(=S)sc1CC(=O)N1CCCN(CCO)CC1. The highest BCUT2D eigenvalue weighted by atomic mass is 32.1. The van der Waals surface area contributed by atoms with Crippen LogP contribution in [-0.2, 0) is 11.2 Å². The smallest absolute Gasteiger partial charge is 0.227 e. The number of nitrogens with one attached hydrogen (secondary N) is 1. The van der Waals surface area contributed by atoms with Crippen molar-refractivity contribution in [2.75, 3.05) is 39.3 Å². The number of aliphatic hydroxyl groups excluding tert-OH is 1. The van der Waals surface area contributed by atoms with Crippen molar-refractivity contribution in [3.05, 3.63) is 14.5 Å². The van der Waals surface area contributed by atoms with Crippen molar-refractivity contribution in [1.82, 2.24) is 14.8 Å².